The zero-order valence-electron chi connectivity index (χ0n) is 29.4. The molecule has 3 N–H and O–H groups in total. The molecule has 0 radical (unpaired) electrons. The van der Waals surface area contributed by atoms with E-state index < -0.39 is 5.97 Å². The minimum Gasteiger partial charge on any atom is -0.481 e. The van der Waals surface area contributed by atoms with Crippen LogP contribution in [0.3, 0.4) is 0 Å². The summed E-state index contributed by atoms with van der Waals surface area (Å²) in [5.41, 5.74) is 0. The van der Waals surface area contributed by atoms with Crippen LogP contribution in [0.4, 0.5) is 0 Å². The van der Waals surface area contributed by atoms with Crippen molar-refractivity contribution in [2.24, 2.45) is 0 Å². The molecule has 0 bridgehead atoms. The Labute approximate surface area is 270 Å². The lowest BCUT2D eigenvalue weighted by atomic mass is 10.0. The first kappa shape index (κ1) is 44.5. The largest absolute Gasteiger partial charge is 0.481 e. The van der Waals surface area contributed by atoms with Crippen LogP contribution in [0, 0.1) is 0 Å². The highest BCUT2D eigenvalue weighted by Gasteiger charge is 2.03. The number of aliphatic hydroxyl groups excluding tert-OH is 2. The predicted molar refractivity (Wildman–Crippen MR) is 188 cm³/mol. The number of rotatable bonds is 35. The highest BCUT2D eigenvalue weighted by atomic mass is 16.4. The van der Waals surface area contributed by atoms with Crippen molar-refractivity contribution >= 4 is 5.97 Å². The lowest BCUT2D eigenvalue weighted by Gasteiger charge is -2.19. The van der Waals surface area contributed by atoms with Gasteiger partial charge in [0, 0.05) is 19.5 Å². The van der Waals surface area contributed by atoms with Crippen LogP contribution >= 0.6 is 0 Å². The van der Waals surface area contributed by atoms with Gasteiger partial charge in [-0.2, -0.15) is 0 Å². The summed E-state index contributed by atoms with van der Waals surface area (Å²) in [4.78, 5) is 12.5. The highest BCUT2D eigenvalue weighted by molar-refractivity contribution is 5.66. The molecule has 0 aromatic carbocycles. The zero-order valence-corrected chi connectivity index (χ0v) is 29.4. The Morgan fingerprint density at radius 3 is 0.907 bits per heavy atom. The van der Waals surface area contributed by atoms with Gasteiger partial charge in [-0.3, -0.25) is 9.69 Å². The molecule has 0 rings (SSSR count). The minimum atomic E-state index is -0.653. The van der Waals surface area contributed by atoms with Gasteiger partial charge in [-0.15, -0.1) is 0 Å². The zero-order chi connectivity index (χ0) is 31.9. The normalized spacial score (nSPS) is 11.2. The predicted octanol–water partition coefficient (Wildman–Crippen LogP) is 11.1. The Hall–Kier alpha value is -0.650. The molecule has 0 saturated carbocycles. The van der Waals surface area contributed by atoms with Crippen LogP contribution in [0.25, 0.3) is 0 Å². The van der Waals surface area contributed by atoms with Gasteiger partial charge in [-0.25, -0.2) is 0 Å². The van der Waals surface area contributed by atoms with Gasteiger partial charge in [0.15, 0.2) is 0 Å². The lowest BCUT2D eigenvalue weighted by molar-refractivity contribution is -0.137. The molecular formula is C38H79NO4. The van der Waals surface area contributed by atoms with E-state index in [4.69, 9.17) is 15.3 Å². The number of hydrogen-bond acceptors (Lipinski definition) is 4. The van der Waals surface area contributed by atoms with Crippen molar-refractivity contribution in [3.63, 3.8) is 0 Å². The van der Waals surface area contributed by atoms with E-state index in [0.717, 1.165) is 19.4 Å². The molecule has 0 saturated heterocycles. The van der Waals surface area contributed by atoms with Crippen LogP contribution < -0.4 is 0 Å². The molecule has 0 spiro atoms. The van der Waals surface area contributed by atoms with E-state index in [1.807, 2.05) is 0 Å². The van der Waals surface area contributed by atoms with Crippen molar-refractivity contribution in [1.29, 1.82) is 0 Å². The second-order valence-corrected chi connectivity index (χ2v) is 13.0. The summed E-state index contributed by atoms with van der Waals surface area (Å²) in [6, 6.07) is 0. The summed E-state index contributed by atoms with van der Waals surface area (Å²) < 4.78 is 0. The number of aliphatic carboxylic acids is 1. The molecule has 0 amide bonds. The first-order valence-corrected chi connectivity index (χ1v) is 19.3. The third kappa shape index (κ3) is 43.5. The van der Waals surface area contributed by atoms with Crippen LogP contribution in [-0.4, -0.2) is 59.0 Å². The SMILES string of the molecule is CCCCCCCCCCCCCCCCCC(=O)O.CCCCCCCCCCCCCCCCN(CCO)CCO. The summed E-state index contributed by atoms with van der Waals surface area (Å²) in [6.45, 7) is 7.33. The number of carboxylic acids is 1. The lowest BCUT2D eigenvalue weighted by Crippen LogP contribution is -2.30. The molecule has 0 heterocycles. The number of nitrogens with zero attached hydrogens (tertiary/aromatic N) is 1. The molecule has 43 heavy (non-hydrogen) atoms. The Balaban J connectivity index is 0. The highest BCUT2D eigenvalue weighted by Crippen LogP contribution is 2.14. The quantitative estimate of drug-likeness (QED) is 0.0619. The number of aliphatic hydroxyl groups is 2. The van der Waals surface area contributed by atoms with Crippen molar-refractivity contribution in [2.75, 3.05) is 32.8 Å². The van der Waals surface area contributed by atoms with E-state index in [1.165, 1.54) is 173 Å². The van der Waals surface area contributed by atoms with Crippen molar-refractivity contribution in [3.8, 4) is 0 Å². The molecule has 0 fully saturated rings. The minimum absolute atomic E-state index is 0.193. The molecule has 5 heteroatoms. The van der Waals surface area contributed by atoms with E-state index in [9.17, 15) is 4.79 Å². The van der Waals surface area contributed by atoms with Gasteiger partial charge in [0.1, 0.15) is 0 Å². The second kappa shape index (κ2) is 41.4. The fourth-order valence-electron chi connectivity index (χ4n) is 5.80. The third-order valence-corrected chi connectivity index (χ3v) is 8.65. The van der Waals surface area contributed by atoms with Gasteiger partial charge < -0.3 is 15.3 Å². The van der Waals surface area contributed by atoms with Crippen LogP contribution in [0.15, 0.2) is 0 Å². The summed E-state index contributed by atoms with van der Waals surface area (Å²) in [7, 11) is 0. The van der Waals surface area contributed by atoms with Crippen LogP contribution in [0.2, 0.25) is 0 Å². The maximum Gasteiger partial charge on any atom is 0.303 e. The molecule has 0 aliphatic rings. The second-order valence-electron chi connectivity index (χ2n) is 13.0. The summed E-state index contributed by atoms with van der Waals surface area (Å²) in [5.74, 6) is -0.653. The fraction of sp³-hybridized carbons (Fsp3) is 0.974. The van der Waals surface area contributed by atoms with Crippen LogP contribution in [0.1, 0.15) is 206 Å². The van der Waals surface area contributed by atoms with Crippen molar-refractivity contribution in [2.45, 2.75) is 206 Å². The Kier molecular flexibility index (Phi) is 42.8. The van der Waals surface area contributed by atoms with Gasteiger partial charge in [-0.1, -0.05) is 187 Å². The molecule has 0 aliphatic heterocycles. The van der Waals surface area contributed by atoms with Gasteiger partial charge in [0.05, 0.1) is 13.2 Å². The van der Waals surface area contributed by atoms with Gasteiger partial charge >= 0.3 is 5.97 Å². The molecule has 0 aromatic heterocycles. The molecule has 0 aromatic rings. The molecule has 260 valence electrons. The maximum atomic E-state index is 10.3. The van der Waals surface area contributed by atoms with E-state index in [-0.39, 0.29) is 13.2 Å². The van der Waals surface area contributed by atoms with Gasteiger partial charge in [0.2, 0.25) is 0 Å². The van der Waals surface area contributed by atoms with Crippen molar-refractivity contribution in [3.05, 3.63) is 0 Å². The Morgan fingerprint density at radius 1 is 0.395 bits per heavy atom. The molecule has 5 nitrogen and oxygen atoms in total. The smallest absolute Gasteiger partial charge is 0.303 e. The van der Waals surface area contributed by atoms with Crippen molar-refractivity contribution in [1.82, 2.24) is 4.90 Å². The van der Waals surface area contributed by atoms with E-state index in [0.29, 0.717) is 19.5 Å². The first-order chi connectivity index (χ1) is 21.1. The van der Waals surface area contributed by atoms with Crippen molar-refractivity contribution < 1.29 is 20.1 Å². The average molecular weight is 614 g/mol. The van der Waals surface area contributed by atoms with Gasteiger partial charge in [-0.05, 0) is 19.4 Å². The molecule has 0 unspecified atom stereocenters. The molecular weight excluding hydrogens is 534 g/mol. The Bertz CT molecular complexity index is 496. The van der Waals surface area contributed by atoms with Gasteiger partial charge in [0.25, 0.3) is 0 Å². The fourth-order valence-corrected chi connectivity index (χ4v) is 5.80. The molecule has 0 aliphatic carbocycles. The first-order valence-electron chi connectivity index (χ1n) is 19.3. The summed E-state index contributed by atoms with van der Waals surface area (Å²) in [5, 5.41) is 26.4. The number of unbranched alkanes of at least 4 members (excludes halogenated alkanes) is 27. The van der Waals surface area contributed by atoms with E-state index in [2.05, 4.69) is 18.7 Å². The van der Waals surface area contributed by atoms with Crippen LogP contribution in [-0.2, 0) is 4.79 Å². The molecule has 0 atom stereocenters. The topological polar surface area (TPSA) is 81.0 Å². The summed E-state index contributed by atoms with van der Waals surface area (Å²) >= 11 is 0. The number of carboxylic acid groups (broad SMARTS) is 1. The summed E-state index contributed by atoms with van der Waals surface area (Å²) in [6.07, 6.45) is 39.6. The number of hydrogen-bond donors (Lipinski definition) is 3. The standard InChI is InChI=1S/C20H43NO2.C18H36O2/c1-2-3-4-5-6-7-8-9-10-11-12-13-14-15-16-21(17-19-22)18-20-23;1-2-3-4-5-6-7-8-9-10-11-12-13-14-15-16-17-18(19)20/h22-23H,2-20H2,1H3;2-17H2,1H3,(H,19,20). The van der Waals surface area contributed by atoms with E-state index >= 15 is 0 Å². The third-order valence-electron chi connectivity index (χ3n) is 8.65. The monoisotopic (exact) mass is 614 g/mol. The van der Waals surface area contributed by atoms with Crippen LogP contribution in [0.5, 0.6) is 0 Å². The number of carbonyl (C=O) groups is 1. The van der Waals surface area contributed by atoms with E-state index in [1.54, 1.807) is 0 Å². The maximum absolute atomic E-state index is 10.3. The Morgan fingerprint density at radius 2 is 0.651 bits per heavy atom. The average Bonchev–Trinajstić information content (AvgIpc) is 2.99.